The summed E-state index contributed by atoms with van der Waals surface area (Å²) in [4.78, 5) is 23.8. The molecular weight excluding hydrogens is 532 g/mol. The summed E-state index contributed by atoms with van der Waals surface area (Å²) in [5, 5.41) is 20.6. The van der Waals surface area contributed by atoms with Crippen molar-refractivity contribution in [1.29, 1.82) is 0 Å². The Bertz CT molecular complexity index is 1540. The number of aliphatic carboxylic acids is 1. The number of aliphatic hydroxyl groups is 1. The summed E-state index contributed by atoms with van der Waals surface area (Å²) in [6.45, 7) is 18.9. The summed E-state index contributed by atoms with van der Waals surface area (Å²) in [6, 6.07) is 10.3. The van der Waals surface area contributed by atoms with E-state index in [0.29, 0.717) is 43.4 Å². The zero-order valence-electron chi connectivity index (χ0n) is 25.7. The number of aliphatic imine (C=N–C) groups is 2. The van der Waals surface area contributed by atoms with Crippen LogP contribution >= 0.6 is 0 Å². The molecule has 42 heavy (non-hydrogen) atoms. The van der Waals surface area contributed by atoms with Crippen LogP contribution in [0.3, 0.4) is 0 Å². The van der Waals surface area contributed by atoms with Crippen LogP contribution in [-0.4, -0.2) is 58.8 Å². The molecule has 1 aliphatic rings. The molecule has 0 spiro atoms. The number of aliphatic hydroxyl groups excluding tert-OH is 1. The third-order valence-electron chi connectivity index (χ3n) is 7.32. The Morgan fingerprint density at radius 1 is 1.17 bits per heavy atom. The number of hydrogen-bond acceptors (Lipinski definition) is 5. The van der Waals surface area contributed by atoms with E-state index in [-0.39, 0.29) is 6.61 Å². The topological polar surface area (TPSA) is 109 Å². The van der Waals surface area contributed by atoms with Gasteiger partial charge >= 0.3 is 5.97 Å². The van der Waals surface area contributed by atoms with Crippen molar-refractivity contribution in [3.63, 3.8) is 0 Å². The van der Waals surface area contributed by atoms with Gasteiger partial charge in [-0.3, -0.25) is 0 Å². The fourth-order valence-electron chi connectivity index (χ4n) is 5.52. The first kappa shape index (κ1) is 31.0. The number of guanidine groups is 1. The number of benzene rings is 2. The number of allylic oxidation sites excluding steroid dienone is 1. The van der Waals surface area contributed by atoms with Gasteiger partial charge < -0.3 is 29.2 Å². The Kier molecular flexibility index (Phi) is 9.23. The normalized spacial score (nSPS) is 14.8. The van der Waals surface area contributed by atoms with E-state index in [9.17, 15) is 9.90 Å². The second kappa shape index (κ2) is 12.5. The zero-order chi connectivity index (χ0) is 30.8. The fraction of sp³-hybridized carbons (Fsp3) is 0.424. The Balaban J connectivity index is 2.03. The van der Waals surface area contributed by atoms with Gasteiger partial charge in [0.15, 0.2) is 6.10 Å². The molecule has 4 rings (SSSR count). The Labute approximate surface area is 247 Å². The van der Waals surface area contributed by atoms with Gasteiger partial charge in [0.05, 0.1) is 29.6 Å². The van der Waals surface area contributed by atoms with E-state index in [1.165, 1.54) is 0 Å². The maximum Gasteiger partial charge on any atom is 0.337 e. The largest absolute Gasteiger partial charge is 0.497 e. The van der Waals surface area contributed by atoms with Crippen LogP contribution in [-0.2, 0) is 20.8 Å². The van der Waals surface area contributed by atoms with E-state index in [0.717, 1.165) is 44.5 Å². The molecule has 2 N–H and O–H groups in total. The van der Waals surface area contributed by atoms with Crippen LogP contribution in [0.15, 0.2) is 52.3 Å². The van der Waals surface area contributed by atoms with Crippen LogP contribution in [0.1, 0.15) is 62.6 Å². The quantitative estimate of drug-likeness (QED) is 0.134. The molecule has 0 bridgehead atoms. The number of rotatable bonds is 9. The van der Waals surface area contributed by atoms with Gasteiger partial charge in [0.2, 0.25) is 5.96 Å². The molecule has 1 aromatic heterocycles. The van der Waals surface area contributed by atoms with Gasteiger partial charge in [-0.25, -0.2) is 14.8 Å². The lowest BCUT2D eigenvalue weighted by atomic mass is 9.87. The number of aryl methyl sites for hydroxylation is 2. The Morgan fingerprint density at radius 2 is 1.86 bits per heavy atom. The zero-order valence-corrected chi connectivity index (χ0v) is 25.7. The number of carboxylic acid groups (broad SMARTS) is 1. The van der Waals surface area contributed by atoms with Crippen LogP contribution in [0.25, 0.3) is 22.0 Å². The highest BCUT2D eigenvalue weighted by Gasteiger charge is 2.36. The van der Waals surface area contributed by atoms with Crippen molar-refractivity contribution < 1.29 is 24.5 Å². The number of carbonyl (C=O) groups is 1. The number of carboxylic acids is 1. The van der Waals surface area contributed by atoms with Gasteiger partial charge in [0.25, 0.3) is 0 Å². The SMILES string of the molecule is C=N/C(=N\C=C(/C)OCCCO)N1CCn2c(C)cc3c(-c4ccc(C)cc4)c([C@H](OC(C)(C)C)C(=O)O)c(C)c1c32. The van der Waals surface area contributed by atoms with Crippen LogP contribution in [0.4, 0.5) is 5.69 Å². The van der Waals surface area contributed by atoms with E-state index >= 15 is 0 Å². The molecule has 0 aliphatic carbocycles. The first-order valence-electron chi connectivity index (χ1n) is 14.2. The molecule has 0 fully saturated rings. The molecule has 1 aliphatic heterocycles. The van der Waals surface area contributed by atoms with Crippen molar-refractivity contribution in [3.05, 3.63) is 64.7 Å². The van der Waals surface area contributed by atoms with E-state index in [1.807, 2.05) is 63.8 Å². The number of nitrogens with zero attached hydrogens (tertiary/aromatic N) is 4. The molecule has 0 radical (unpaired) electrons. The average Bonchev–Trinajstić information content (AvgIpc) is 3.26. The van der Waals surface area contributed by atoms with Crippen molar-refractivity contribution in [1.82, 2.24) is 4.57 Å². The molecule has 9 heteroatoms. The minimum absolute atomic E-state index is 0.0509. The van der Waals surface area contributed by atoms with Crippen molar-refractivity contribution >= 4 is 35.2 Å². The van der Waals surface area contributed by atoms with Gasteiger partial charge in [-0.15, -0.1) is 0 Å². The number of ether oxygens (including phenoxy) is 2. The highest BCUT2D eigenvalue weighted by molar-refractivity contribution is 6.13. The lowest BCUT2D eigenvalue weighted by molar-refractivity contribution is -0.160. The maximum atomic E-state index is 12.9. The third kappa shape index (κ3) is 6.27. The van der Waals surface area contributed by atoms with Crippen molar-refractivity contribution in [2.75, 3.05) is 24.7 Å². The van der Waals surface area contributed by atoms with Gasteiger partial charge in [0.1, 0.15) is 5.76 Å². The summed E-state index contributed by atoms with van der Waals surface area (Å²) in [5.74, 6) is -0.0874. The summed E-state index contributed by atoms with van der Waals surface area (Å²) in [5.41, 5.74) is 6.49. The van der Waals surface area contributed by atoms with Gasteiger partial charge in [-0.1, -0.05) is 29.8 Å². The number of aromatic nitrogens is 1. The Hall–Kier alpha value is -3.95. The minimum Gasteiger partial charge on any atom is -0.497 e. The molecule has 0 amide bonds. The summed E-state index contributed by atoms with van der Waals surface area (Å²) in [7, 11) is 0. The van der Waals surface area contributed by atoms with E-state index in [4.69, 9.17) is 14.6 Å². The van der Waals surface area contributed by atoms with Crippen molar-refractivity contribution in [3.8, 4) is 11.1 Å². The predicted molar refractivity (Wildman–Crippen MR) is 169 cm³/mol. The predicted octanol–water partition coefficient (Wildman–Crippen LogP) is 6.31. The monoisotopic (exact) mass is 574 g/mol. The summed E-state index contributed by atoms with van der Waals surface area (Å²) >= 11 is 0. The van der Waals surface area contributed by atoms with E-state index in [2.05, 4.69) is 34.3 Å². The lowest BCUT2D eigenvalue weighted by Crippen LogP contribution is -2.37. The summed E-state index contributed by atoms with van der Waals surface area (Å²) < 4.78 is 14.2. The third-order valence-corrected chi connectivity index (χ3v) is 7.32. The van der Waals surface area contributed by atoms with E-state index in [1.54, 1.807) is 13.1 Å². The van der Waals surface area contributed by atoms with Gasteiger partial charge in [0, 0.05) is 42.8 Å². The smallest absolute Gasteiger partial charge is 0.337 e. The molecule has 0 saturated heterocycles. The lowest BCUT2D eigenvalue weighted by Gasteiger charge is -2.35. The number of anilines is 1. The van der Waals surface area contributed by atoms with E-state index < -0.39 is 17.7 Å². The van der Waals surface area contributed by atoms with Gasteiger partial charge in [-0.05, 0) is 77.9 Å². The Morgan fingerprint density at radius 3 is 2.45 bits per heavy atom. The van der Waals surface area contributed by atoms with Crippen molar-refractivity contribution in [2.45, 2.75) is 73.1 Å². The molecule has 0 unspecified atom stereocenters. The molecule has 224 valence electrons. The molecule has 0 saturated carbocycles. The molecule has 2 heterocycles. The van der Waals surface area contributed by atoms with Crippen molar-refractivity contribution in [2.24, 2.45) is 9.98 Å². The molecule has 3 aromatic rings. The molecule has 9 nitrogen and oxygen atoms in total. The second-order valence-electron chi connectivity index (χ2n) is 11.7. The molecule has 2 aromatic carbocycles. The highest BCUT2D eigenvalue weighted by atomic mass is 16.5. The van der Waals surface area contributed by atoms with Crippen LogP contribution in [0.5, 0.6) is 0 Å². The second-order valence-corrected chi connectivity index (χ2v) is 11.7. The first-order valence-corrected chi connectivity index (χ1v) is 14.2. The summed E-state index contributed by atoms with van der Waals surface area (Å²) in [6.07, 6.45) is 0.906. The van der Waals surface area contributed by atoms with Crippen LogP contribution in [0, 0.1) is 20.8 Å². The molecular formula is C33H42N4O5. The first-order chi connectivity index (χ1) is 19.9. The minimum atomic E-state index is -1.21. The number of hydrogen-bond donors (Lipinski definition) is 2. The highest BCUT2D eigenvalue weighted by Crippen LogP contribution is 2.48. The standard InChI is InChI=1S/C33H42N4O5/c1-20-10-12-24(13-11-20)27-25-18-21(2)36-14-15-37(32(34-8)35-19-22(3)41-17-9-16-38)28(29(25)36)23(4)26(27)30(31(39)40)42-33(5,6)7/h10-13,18-19,30,38H,8-9,14-17H2,1-7H3,(H,39,40)/b22-19+,35-32+/t30-/m0/s1. The molecule has 1 atom stereocenters. The van der Waals surface area contributed by atoms with Gasteiger partial charge in [-0.2, -0.15) is 0 Å². The average molecular weight is 575 g/mol. The maximum absolute atomic E-state index is 12.9. The fourth-order valence-corrected chi connectivity index (χ4v) is 5.52. The van der Waals surface area contributed by atoms with Crippen LogP contribution in [0.2, 0.25) is 0 Å². The van der Waals surface area contributed by atoms with Crippen LogP contribution < -0.4 is 4.90 Å².